The van der Waals surface area contributed by atoms with Gasteiger partial charge in [-0.25, -0.2) is 4.98 Å². The molecule has 0 radical (unpaired) electrons. The van der Waals surface area contributed by atoms with Crippen LogP contribution in [0.1, 0.15) is 55.2 Å². The van der Waals surface area contributed by atoms with Gasteiger partial charge < -0.3 is 30.7 Å². The van der Waals surface area contributed by atoms with Gasteiger partial charge in [-0.3, -0.25) is 4.79 Å². The van der Waals surface area contributed by atoms with Crippen molar-refractivity contribution in [2.45, 2.75) is 58.1 Å². The first-order valence-electron chi connectivity index (χ1n) is 13.4. The Bertz CT molecular complexity index is 1330. The van der Waals surface area contributed by atoms with E-state index in [-0.39, 0.29) is 41.9 Å². The van der Waals surface area contributed by atoms with Crippen LogP contribution >= 0.6 is 11.3 Å². The maximum absolute atomic E-state index is 13.4. The highest BCUT2D eigenvalue weighted by Gasteiger charge is 2.59. The third-order valence-corrected chi connectivity index (χ3v) is 10.0. The number of aliphatic hydroxyl groups is 2. The summed E-state index contributed by atoms with van der Waals surface area (Å²) < 4.78 is 5.22. The Morgan fingerprint density at radius 3 is 2.67 bits per heavy atom. The number of anilines is 2. The predicted molar refractivity (Wildman–Crippen MR) is 151 cm³/mol. The van der Waals surface area contributed by atoms with Crippen molar-refractivity contribution in [3.63, 3.8) is 0 Å². The van der Waals surface area contributed by atoms with E-state index < -0.39 is 11.5 Å². The van der Waals surface area contributed by atoms with Gasteiger partial charge in [-0.1, -0.05) is 32.0 Å². The molecule has 1 amide bonds. The van der Waals surface area contributed by atoms with E-state index in [1.54, 1.807) is 25.3 Å². The standard InChI is InChI=1S/C30H37N3O5S/c1-29-12-11-25(36)30(2,17-34)24(29)15-23-27(33-28(39-23)32-19-5-4-6-20(35)13-19)22(29)14-26(37)31-16-18-7-9-21(38-3)10-8-18/h4-10,13,22,24-25,34-36H,11-12,14-17H2,1-3H3,(H,31,37)(H,32,33). The Kier molecular flexibility index (Phi) is 7.59. The first kappa shape index (κ1) is 27.4. The number of carbonyl (C=O) groups excluding carboxylic acids is 1. The van der Waals surface area contributed by atoms with Crippen LogP contribution in [0.5, 0.6) is 11.5 Å². The number of aliphatic hydroxyl groups excluding tert-OH is 2. The molecule has 5 rings (SSSR count). The number of rotatable bonds is 8. The Balaban J connectivity index is 1.44. The van der Waals surface area contributed by atoms with Crippen LogP contribution in [-0.2, 0) is 17.8 Å². The number of hydrogen-bond acceptors (Lipinski definition) is 8. The molecule has 5 unspecified atom stereocenters. The van der Waals surface area contributed by atoms with Crippen LogP contribution in [0.3, 0.4) is 0 Å². The Labute approximate surface area is 233 Å². The summed E-state index contributed by atoms with van der Waals surface area (Å²) in [5.74, 6) is 0.690. The summed E-state index contributed by atoms with van der Waals surface area (Å²) in [5.41, 5.74) is 1.63. The first-order chi connectivity index (χ1) is 18.7. The van der Waals surface area contributed by atoms with Crippen LogP contribution < -0.4 is 15.4 Å². The number of amides is 1. The molecule has 0 aliphatic heterocycles. The lowest BCUT2D eigenvalue weighted by atomic mass is 9.47. The van der Waals surface area contributed by atoms with Crippen molar-refractivity contribution < 1.29 is 24.9 Å². The highest BCUT2D eigenvalue weighted by molar-refractivity contribution is 7.15. The van der Waals surface area contributed by atoms with Crippen LogP contribution in [0.2, 0.25) is 0 Å². The number of ether oxygens (including phenoxy) is 1. The van der Waals surface area contributed by atoms with Crippen molar-refractivity contribution in [1.29, 1.82) is 0 Å². The lowest BCUT2D eigenvalue weighted by Gasteiger charge is -2.58. The minimum atomic E-state index is -0.675. The zero-order valence-electron chi connectivity index (χ0n) is 22.6. The SMILES string of the molecule is COc1ccc(CNC(=O)CC2c3nc(Nc4cccc(O)c4)sc3CC3C(C)(CO)C(O)CCC23C)cc1. The third-order valence-electron chi connectivity index (χ3n) is 9.03. The van der Waals surface area contributed by atoms with E-state index >= 15 is 0 Å². The molecule has 5 atom stereocenters. The maximum Gasteiger partial charge on any atom is 0.220 e. The molecule has 0 bridgehead atoms. The maximum atomic E-state index is 13.4. The average Bonchev–Trinajstić information content (AvgIpc) is 3.33. The van der Waals surface area contributed by atoms with Crippen molar-refractivity contribution in [1.82, 2.24) is 10.3 Å². The number of methoxy groups -OCH3 is 1. The average molecular weight is 552 g/mol. The van der Waals surface area contributed by atoms with Crippen LogP contribution in [-0.4, -0.2) is 46.0 Å². The second-order valence-corrected chi connectivity index (χ2v) is 12.4. The van der Waals surface area contributed by atoms with E-state index in [0.29, 0.717) is 24.5 Å². The fraction of sp³-hybridized carbons (Fsp3) is 0.467. The molecule has 1 heterocycles. The van der Waals surface area contributed by atoms with Crippen molar-refractivity contribution >= 4 is 28.1 Å². The minimum absolute atomic E-state index is 0.0142. The normalized spacial score (nSPS) is 27.8. The number of nitrogens with one attached hydrogen (secondary N) is 2. The molecule has 2 aromatic carbocycles. The number of thiazole rings is 1. The summed E-state index contributed by atoms with van der Waals surface area (Å²) in [6, 6.07) is 14.5. The third kappa shape index (κ3) is 5.23. The number of phenols is 1. The summed E-state index contributed by atoms with van der Waals surface area (Å²) >= 11 is 1.54. The van der Waals surface area contributed by atoms with Crippen molar-refractivity contribution in [3.05, 3.63) is 64.7 Å². The van der Waals surface area contributed by atoms with Crippen LogP contribution in [0.15, 0.2) is 48.5 Å². The highest BCUT2D eigenvalue weighted by atomic mass is 32.1. The van der Waals surface area contributed by atoms with Gasteiger partial charge in [-0.2, -0.15) is 0 Å². The van der Waals surface area contributed by atoms with Crippen molar-refractivity contribution in [2.75, 3.05) is 19.0 Å². The topological polar surface area (TPSA) is 124 Å². The van der Waals surface area contributed by atoms with Gasteiger partial charge in [0.15, 0.2) is 5.13 Å². The van der Waals surface area contributed by atoms with E-state index in [1.165, 1.54) is 11.3 Å². The predicted octanol–water partition coefficient (Wildman–Crippen LogP) is 4.72. The molecule has 208 valence electrons. The molecule has 0 spiro atoms. The lowest BCUT2D eigenvalue weighted by Crippen LogP contribution is -2.57. The van der Waals surface area contributed by atoms with Crippen LogP contribution in [0, 0.1) is 16.7 Å². The van der Waals surface area contributed by atoms with E-state index in [4.69, 9.17) is 9.72 Å². The molecule has 1 saturated carbocycles. The largest absolute Gasteiger partial charge is 0.508 e. The molecule has 1 fully saturated rings. The molecule has 9 heteroatoms. The Morgan fingerprint density at radius 1 is 1.21 bits per heavy atom. The molecule has 5 N–H and O–H groups in total. The van der Waals surface area contributed by atoms with Gasteiger partial charge in [0.05, 0.1) is 25.5 Å². The van der Waals surface area contributed by atoms with Gasteiger partial charge in [0.25, 0.3) is 0 Å². The number of phenolic OH excluding ortho intramolecular Hbond substituents is 1. The summed E-state index contributed by atoms with van der Waals surface area (Å²) in [4.78, 5) is 19.4. The van der Waals surface area contributed by atoms with Crippen molar-refractivity contribution in [3.8, 4) is 11.5 Å². The minimum Gasteiger partial charge on any atom is -0.508 e. The monoisotopic (exact) mass is 551 g/mol. The molecule has 2 aliphatic rings. The van der Waals surface area contributed by atoms with E-state index in [2.05, 4.69) is 17.6 Å². The number of hydrogen-bond donors (Lipinski definition) is 5. The molecule has 1 aromatic heterocycles. The molecule has 39 heavy (non-hydrogen) atoms. The molecular weight excluding hydrogens is 514 g/mol. The van der Waals surface area contributed by atoms with Crippen LogP contribution in [0.4, 0.5) is 10.8 Å². The molecular formula is C30H37N3O5S. The zero-order valence-corrected chi connectivity index (χ0v) is 23.4. The quantitative estimate of drug-likeness (QED) is 0.274. The molecule has 0 saturated heterocycles. The zero-order chi connectivity index (χ0) is 27.8. The summed E-state index contributed by atoms with van der Waals surface area (Å²) in [6.45, 7) is 4.46. The Morgan fingerprint density at radius 2 is 1.97 bits per heavy atom. The molecule has 8 nitrogen and oxygen atoms in total. The van der Waals surface area contributed by atoms with Gasteiger partial charge in [-0.15, -0.1) is 11.3 Å². The van der Waals surface area contributed by atoms with E-state index in [9.17, 15) is 20.1 Å². The van der Waals surface area contributed by atoms with Gasteiger partial charge in [0.2, 0.25) is 5.91 Å². The number of carbonyl (C=O) groups is 1. The fourth-order valence-corrected chi connectivity index (χ4v) is 7.70. The van der Waals surface area contributed by atoms with Gasteiger partial charge in [0.1, 0.15) is 11.5 Å². The summed E-state index contributed by atoms with van der Waals surface area (Å²) in [6.07, 6.45) is 1.66. The van der Waals surface area contributed by atoms with Gasteiger partial charge >= 0.3 is 0 Å². The van der Waals surface area contributed by atoms with E-state index in [0.717, 1.165) is 34.0 Å². The number of nitrogens with zero attached hydrogens (tertiary/aromatic N) is 1. The van der Waals surface area contributed by atoms with Gasteiger partial charge in [-0.05, 0) is 60.4 Å². The summed E-state index contributed by atoms with van der Waals surface area (Å²) in [5, 5.41) is 38.4. The fourth-order valence-electron chi connectivity index (χ4n) is 6.61. The number of aromatic nitrogens is 1. The number of fused-ring (bicyclic) bond motifs is 2. The smallest absolute Gasteiger partial charge is 0.220 e. The second kappa shape index (κ2) is 10.8. The Hall–Kier alpha value is -3.14. The highest BCUT2D eigenvalue weighted by Crippen LogP contribution is 2.62. The lowest BCUT2D eigenvalue weighted by molar-refractivity contribution is -0.144. The molecule has 3 aromatic rings. The van der Waals surface area contributed by atoms with E-state index in [1.807, 2.05) is 37.3 Å². The van der Waals surface area contributed by atoms with Crippen molar-refractivity contribution in [2.24, 2.45) is 16.7 Å². The molecule has 2 aliphatic carbocycles. The summed E-state index contributed by atoms with van der Waals surface area (Å²) in [7, 11) is 1.62. The second-order valence-electron chi connectivity index (χ2n) is 11.4. The number of benzene rings is 2. The first-order valence-corrected chi connectivity index (χ1v) is 14.2. The van der Waals surface area contributed by atoms with Gasteiger partial charge in [0, 0.05) is 40.9 Å². The van der Waals surface area contributed by atoms with Crippen LogP contribution in [0.25, 0.3) is 0 Å². The number of aromatic hydroxyl groups is 1.